The van der Waals surface area contributed by atoms with E-state index in [1.807, 2.05) is 12.1 Å². The molecule has 0 spiro atoms. The molecule has 0 bridgehead atoms. The van der Waals surface area contributed by atoms with Gasteiger partial charge in [0, 0.05) is 18.9 Å². The highest BCUT2D eigenvalue weighted by Gasteiger charge is 2.69. The van der Waals surface area contributed by atoms with Crippen molar-refractivity contribution in [3.8, 4) is 5.75 Å². The fourth-order valence-corrected chi connectivity index (χ4v) is 4.90. The molecule has 132 valence electrons. The van der Waals surface area contributed by atoms with Crippen LogP contribution in [0, 0.1) is 5.92 Å². The lowest BCUT2D eigenvalue weighted by Gasteiger charge is -2.30. The number of hydrogen-bond donors (Lipinski definition) is 0. The SMILES string of the molecule is COC(=O)C1O[C@]1(C1CCCC1)N1CC2=C(C1)Oc1ccccc1C2. The summed E-state index contributed by atoms with van der Waals surface area (Å²) in [5.74, 6) is 2.15. The lowest BCUT2D eigenvalue weighted by Crippen LogP contribution is -2.46. The summed E-state index contributed by atoms with van der Waals surface area (Å²) in [7, 11) is 1.44. The van der Waals surface area contributed by atoms with Crippen LogP contribution >= 0.6 is 0 Å². The van der Waals surface area contributed by atoms with Gasteiger partial charge in [0.1, 0.15) is 11.5 Å². The number of carbonyl (C=O) groups excluding carboxylic acids is 1. The Morgan fingerprint density at radius 3 is 2.84 bits per heavy atom. The Kier molecular flexibility index (Phi) is 3.44. The average Bonchev–Trinajstić information content (AvgIpc) is 3.00. The number of ether oxygens (including phenoxy) is 3. The predicted octanol–water partition coefficient (Wildman–Crippen LogP) is 2.65. The van der Waals surface area contributed by atoms with E-state index >= 15 is 0 Å². The first-order chi connectivity index (χ1) is 12.2. The molecule has 0 radical (unpaired) electrons. The van der Waals surface area contributed by atoms with Gasteiger partial charge in [-0.15, -0.1) is 0 Å². The molecule has 1 saturated carbocycles. The second-order valence-electron chi connectivity index (χ2n) is 7.52. The van der Waals surface area contributed by atoms with Crippen molar-refractivity contribution in [2.45, 2.75) is 43.9 Å². The number of rotatable bonds is 3. The van der Waals surface area contributed by atoms with Crippen LogP contribution in [0.4, 0.5) is 0 Å². The van der Waals surface area contributed by atoms with Crippen LogP contribution in [0.15, 0.2) is 35.6 Å². The van der Waals surface area contributed by atoms with E-state index in [1.54, 1.807) is 0 Å². The van der Waals surface area contributed by atoms with Crippen LogP contribution in [-0.4, -0.2) is 42.9 Å². The summed E-state index contributed by atoms with van der Waals surface area (Å²) in [4.78, 5) is 14.5. The maximum Gasteiger partial charge on any atom is 0.339 e. The van der Waals surface area contributed by atoms with E-state index in [-0.39, 0.29) is 5.97 Å². The summed E-state index contributed by atoms with van der Waals surface area (Å²) < 4.78 is 17.2. The van der Waals surface area contributed by atoms with Crippen molar-refractivity contribution in [2.75, 3.05) is 20.2 Å². The molecule has 0 N–H and O–H groups in total. The van der Waals surface area contributed by atoms with E-state index in [0.29, 0.717) is 12.5 Å². The number of nitrogens with zero attached hydrogens (tertiary/aromatic N) is 1. The largest absolute Gasteiger partial charge is 0.467 e. The van der Waals surface area contributed by atoms with Gasteiger partial charge in [0.2, 0.25) is 0 Å². The Bertz CT molecular complexity index is 715. The van der Waals surface area contributed by atoms with Crippen LogP contribution in [-0.2, 0) is 20.7 Å². The van der Waals surface area contributed by atoms with Crippen molar-refractivity contribution >= 4 is 5.97 Å². The molecule has 1 aromatic rings. The number of carbonyl (C=O) groups is 1. The van der Waals surface area contributed by atoms with E-state index in [0.717, 1.165) is 37.3 Å². The van der Waals surface area contributed by atoms with E-state index in [9.17, 15) is 4.79 Å². The Morgan fingerprint density at radius 2 is 2.04 bits per heavy atom. The molecule has 3 aliphatic heterocycles. The average molecular weight is 341 g/mol. The molecular weight excluding hydrogens is 318 g/mol. The van der Waals surface area contributed by atoms with E-state index in [1.165, 1.54) is 31.1 Å². The zero-order chi connectivity index (χ0) is 17.0. The van der Waals surface area contributed by atoms with Gasteiger partial charge >= 0.3 is 5.97 Å². The van der Waals surface area contributed by atoms with Gasteiger partial charge in [-0.1, -0.05) is 31.0 Å². The predicted molar refractivity (Wildman–Crippen MR) is 91.0 cm³/mol. The van der Waals surface area contributed by atoms with Gasteiger partial charge in [-0.3, -0.25) is 4.90 Å². The molecule has 5 heteroatoms. The molecule has 4 aliphatic rings. The second-order valence-corrected chi connectivity index (χ2v) is 7.52. The van der Waals surface area contributed by atoms with Crippen LogP contribution in [0.1, 0.15) is 31.2 Å². The Labute approximate surface area is 147 Å². The van der Waals surface area contributed by atoms with E-state index < -0.39 is 11.8 Å². The molecule has 0 aromatic heterocycles. The maximum atomic E-state index is 12.2. The minimum absolute atomic E-state index is 0.249. The minimum Gasteiger partial charge on any atom is -0.467 e. The van der Waals surface area contributed by atoms with Crippen molar-refractivity contribution in [2.24, 2.45) is 5.92 Å². The topological polar surface area (TPSA) is 51.3 Å². The normalized spacial score (nSPS) is 31.5. The summed E-state index contributed by atoms with van der Waals surface area (Å²) in [5, 5.41) is 0. The zero-order valence-corrected chi connectivity index (χ0v) is 14.5. The zero-order valence-electron chi connectivity index (χ0n) is 14.5. The van der Waals surface area contributed by atoms with Gasteiger partial charge < -0.3 is 14.2 Å². The summed E-state index contributed by atoms with van der Waals surface area (Å²) >= 11 is 0. The standard InChI is InChI=1S/C20H23NO4/c1-23-19(22)18-20(25-18,15-7-3-4-8-15)21-11-14-10-13-6-2-5-9-16(13)24-17(14)12-21/h2,5-6,9,15,18H,3-4,7-8,10-12H2,1H3/t18?,20-/m0/s1. The van der Waals surface area contributed by atoms with Crippen molar-refractivity contribution in [1.82, 2.24) is 4.90 Å². The lowest BCUT2D eigenvalue weighted by molar-refractivity contribution is -0.142. The van der Waals surface area contributed by atoms with Crippen LogP contribution in [0.5, 0.6) is 5.75 Å². The number of esters is 1. The van der Waals surface area contributed by atoms with Gasteiger partial charge in [-0.2, -0.15) is 0 Å². The monoisotopic (exact) mass is 341 g/mol. The Hall–Kier alpha value is -1.85. The first-order valence-electron chi connectivity index (χ1n) is 9.19. The molecule has 3 heterocycles. The van der Waals surface area contributed by atoms with Crippen molar-refractivity contribution < 1.29 is 19.0 Å². The van der Waals surface area contributed by atoms with Gasteiger partial charge in [0.25, 0.3) is 0 Å². The van der Waals surface area contributed by atoms with Crippen LogP contribution < -0.4 is 4.74 Å². The van der Waals surface area contributed by atoms with Gasteiger partial charge in [0.15, 0.2) is 11.8 Å². The molecule has 1 saturated heterocycles. The van der Waals surface area contributed by atoms with E-state index in [2.05, 4.69) is 17.0 Å². The molecule has 5 rings (SSSR count). The summed E-state index contributed by atoms with van der Waals surface area (Å²) in [6.07, 6.45) is 5.14. The van der Waals surface area contributed by atoms with Crippen molar-refractivity contribution in [1.29, 1.82) is 0 Å². The summed E-state index contributed by atoms with van der Waals surface area (Å²) in [6.45, 7) is 1.53. The fraction of sp³-hybridized carbons (Fsp3) is 0.550. The number of para-hydroxylation sites is 1. The lowest BCUT2D eigenvalue weighted by atomic mass is 9.93. The molecule has 2 atom stereocenters. The van der Waals surface area contributed by atoms with E-state index in [4.69, 9.17) is 14.2 Å². The number of hydrogen-bond acceptors (Lipinski definition) is 5. The molecule has 0 amide bonds. The number of methoxy groups -OCH3 is 1. The van der Waals surface area contributed by atoms with Crippen molar-refractivity contribution in [3.63, 3.8) is 0 Å². The highest BCUT2D eigenvalue weighted by Crippen LogP contribution is 2.54. The highest BCUT2D eigenvalue weighted by molar-refractivity contribution is 5.79. The third-order valence-electron chi connectivity index (χ3n) is 6.19. The first kappa shape index (κ1) is 15.4. The van der Waals surface area contributed by atoms with Gasteiger partial charge in [0.05, 0.1) is 13.7 Å². The molecule has 5 nitrogen and oxygen atoms in total. The minimum atomic E-state index is -0.490. The first-order valence-corrected chi connectivity index (χ1v) is 9.19. The molecule has 2 fully saturated rings. The Morgan fingerprint density at radius 1 is 1.24 bits per heavy atom. The number of benzene rings is 1. The van der Waals surface area contributed by atoms with Crippen LogP contribution in [0.2, 0.25) is 0 Å². The second kappa shape index (κ2) is 5.58. The molecule has 1 aromatic carbocycles. The summed E-state index contributed by atoms with van der Waals surface area (Å²) in [5.41, 5.74) is 2.06. The fourth-order valence-electron chi connectivity index (χ4n) is 4.90. The Balaban J connectivity index is 1.40. The van der Waals surface area contributed by atoms with Gasteiger partial charge in [-0.05, 0) is 30.0 Å². The molecule has 1 aliphatic carbocycles. The van der Waals surface area contributed by atoms with Crippen molar-refractivity contribution in [3.05, 3.63) is 41.2 Å². The van der Waals surface area contributed by atoms with Crippen LogP contribution in [0.25, 0.3) is 0 Å². The van der Waals surface area contributed by atoms with Crippen LogP contribution in [0.3, 0.4) is 0 Å². The highest BCUT2D eigenvalue weighted by atomic mass is 16.7. The number of fused-ring (bicyclic) bond motifs is 1. The summed E-state index contributed by atoms with van der Waals surface area (Å²) in [6, 6.07) is 8.21. The molecule has 1 unspecified atom stereocenters. The smallest absolute Gasteiger partial charge is 0.339 e. The molecular formula is C20H23NO4. The third kappa shape index (κ3) is 2.26. The molecule has 25 heavy (non-hydrogen) atoms. The third-order valence-corrected chi connectivity index (χ3v) is 6.19. The number of epoxide rings is 1. The quantitative estimate of drug-likeness (QED) is 0.625. The maximum absolute atomic E-state index is 12.2. The van der Waals surface area contributed by atoms with Gasteiger partial charge in [-0.25, -0.2) is 4.79 Å².